The molecule has 100 valence electrons. The molecule has 0 saturated carbocycles. The maximum Gasteiger partial charge on any atom is 0.0708 e. The van der Waals surface area contributed by atoms with E-state index < -0.39 is 0 Å². The van der Waals surface area contributed by atoms with Crippen molar-refractivity contribution in [3.8, 4) is 22.5 Å². The smallest absolute Gasteiger partial charge is 0.0708 e. The number of rotatable bonds is 2. The summed E-state index contributed by atoms with van der Waals surface area (Å²) in [6.07, 6.45) is 1.83. The van der Waals surface area contributed by atoms with E-state index >= 15 is 0 Å². The van der Waals surface area contributed by atoms with Crippen LogP contribution >= 0.6 is 0 Å². The van der Waals surface area contributed by atoms with Crippen molar-refractivity contribution in [1.82, 2.24) is 9.97 Å². The quantitative estimate of drug-likeness (QED) is 0.551. The van der Waals surface area contributed by atoms with Gasteiger partial charge < -0.3 is 4.98 Å². The highest BCUT2D eigenvalue weighted by molar-refractivity contribution is 5.89. The van der Waals surface area contributed by atoms with E-state index in [1.54, 1.807) is 0 Å². The van der Waals surface area contributed by atoms with E-state index in [0.29, 0.717) is 0 Å². The predicted octanol–water partition coefficient (Wildman–Crippen LogP) is 4.90. The molecule has 21 heavy (non-hydrogen) atoms. The first kappa shape index (κ1) is 11.9. The van der Waals surface area contributed by atoms with Crippen LogP contribution in [0.15, 0.2) is 79.0 Å². The zero-order chi connectivity index (χ0) is 14.1. The Morgan fingerprint density at radius 1 is 0.714 bits per heavy atom. The van der Waals surface area contributed by atoms with Gasteiger partial charge in [-0.2, -0.15) is 0 Å². The summed E-state index contributed by atoms with van der Waals surface area (Å²) >= 11 is 0. The summed E-state index contributed by atoms with van der Waals surface area (Å²) in [4.78, 5) is 7.97. The van der Waals surface area contributed by atoms with Gasteiger partial charge in [-0.05, 0) is 24.3 Å². The molecule has 0 aliphatic rings. The number of H-pyrrole nitrogens is 1. The highest BCUT2D eigenvalue weighted by atomic mass is 14.7. The summed E-state index contributed by atoms with van der Waals surface area (Å²) in [5.41, 5.74) is 5.59. The van der Waals surface area contributed by atoms with Crippen LogP contribution in [-0.4, -0.2) is 9.97 Å². The summed E-state index contributed by atoms with van der Waals surface area (Å²) in [7, 11) is 0. The molecule has 1 N–H and O–H groups in total. The molecule has 0 aliphatic carbocycles. The molecule has 2 aromatic heterocycles. The van der Waals surface area contributed by atoms with Crippen LogP contribution in [-0.2, 0) is 0 Å². The van der Waals surface area contributed by atoms with Crippen molar-refractivity contribution in [1.29, 1.82) is 0 Å². The Kier molecular flexibility index (Phi) is 2.79. The maximum atomic E-state index is 4.48. The minimum absolute atomic E-state index is 0.992. The van der Waals surface area contributed by atoms with Gasteiger partial charge >= 0.3 is 0 Å². The highest BCUT2D eigenvalue weighted by Crippen LogP contribution is 2.32. The van der Waals surface area contributed by atoms with Crippen molar-refractivity contribution in [2.75, 3.05) is 0 Å². The SMILES string of the molecule is c1ccc(-c2ccccc2-c2cc3ccccc3[nH]2)nc1. The van der Waals surface area contributed by atoms with E-state index in [1.165, 1.54) is 10.9 Å². The third-order valence-corrected chi connectivity index (χ3v) is 3.69. The molecule has 0 unspecified atom stereocenters. The number of nitrogens with one attached hydrogen (secondary N) is 1. The third kappa shape index (κ3) is 2.11. The number of aromatic amines is 1. The lowest BCUT2D eigenvalue weighted by atomic mass is 10.0. The van der Waals surface area contributed by atoms with Gasteiger partial charge in [-0.15, -0.1) is 0 Å². The number of fused-ring (bicyclic) bond motifs is 1. The van der Waals surface area contributed by atoms with E-state index in [2.05, 4.69) is 58.5 Å². The molecule has 0 radical (unpaired) electrons. The summed E-state index contributed by atoms with van der Waals surface area (Å²) in [6, 6.07) is 24.9. The largest absolute Gasteiger partial charge is 0.355 e. The molecule has 0 aliphatic heterocycles. The standard InChI is InChI=1S/C19H14N2/c1-4-10-17-14(7-1)13-19(21-17)16-9-3-2-8-15(16)18-11-5-6-12-20-18/h1-13,21H. The first-order chi connectivity index (χ1) is 10.4. The lowest BCUT2D eigenvalue weighted by Gasteiger charge is -2.07. The zero-order valence-corrected chi connectivity index (χ0v) is 11.5. The molecule has 4 rings (SSSR count). The molecule has 2 nitrogen and oxygen atoms in total. The predicted molar refractivity (Wildman–Crippen MR) is 87.0 cm³/mol. The molecular formula is C19H14N2. The number of nitrogens with zero attached hydrogens (tertiary/aromatic N) is 1. The Labute approximate surface area is 123 Å². The number of para-hydroxylation sites is 1. The number of hydrogen-bond donors (Lipinski definition) is 1. The fraction of sp³-hybridized carbons (Fsp3) is 0. The van der Waals surface area contributed by atoms with Crippen LogP contribution in [0.5, 0.6) is 0 Å². The van der Waals surface area contributed by atoms with E-state index in [-0.39, 0.29) is 0 Å². The average molecular weight is 270 g/mol. The van der Waals surface area contributed by atoms with Crippen molar-refractivity contribution in [3.05, 3.63) is 79.0 Å². The van der Waals surface area contributed by atoms with Crippen molar-refractivity contribution < 1.29 is 0 Å². The van der Waals surface area contributed by atoms with E-state index in [4.69, 9.17) is 0 Å². The van der Waals surface area contributed by atoms with Crippen LogP contribution in [0.2, 0.25) is 0 Å². The topological polar surface area (TPSA) is 28.7 Å². The molecule has 2 heteroatoms. The Morgan fingerprint density at radius 2 is 1.48 bits per heavy atom. The van der Waals surface area contributed by atoms with Crippen LogP contribution in [0.25, 0.3) is 33.4 Å². The fourth-order valence-electron chi connectivity index (χ4n) is 2.68. The van der Waals surface area contributed by atoms with Gasteiger partial charge in [0.1, 0.15) is 0 Å². The lowest BCUT2D eigenvalue weighted by Crippen LogP contribution is -1.87. The average Bonchev–Trinajstić information content (AvgIpc) is 2.99. The van der Waals surface area contributed by atoms with Crippen molar-refractivity contribution >= 4 is 10.9 Å². The maximum absolute atomic E-state index is 4.48. The molecule has 0 bridgehead atoms. The molecule has 0 spiro atoms. The molecule has 0 atom stereocenters. The van der Waals surface area contributed by atoms with Gasteiger partial charge in [-0.1, -0.05) is 48.5 Å². The Bertz CT molecular complexity index is 859. The van der Waals surface area contributed by atoms with E-state index in [1.807, 2.05) is 30.5 Å². The summed E-state index contributed by atoms with van der Waals surface area (Å²) in [6.45, 7) is 0. The van der Waals surface area contributed by atoms with Gasteiger partial charge in [0.15, 0.2) is 0 Å². The van der Waals surface area contributed by atoms with Gasteiger partial charge in [0.2, 0.25) is 0 Å². The van der Waals surface area contributed by atoms with Crippen LogP contribution in [0.3, 0.4) is 0 Å². The second kappa shape index (κ2) is 4.91. The molecule has 2 heterocycles. The lowest BCUT2D eigenvalue weighted by molar-refractivity contribution is 1.32. The molecule has 0 amide bonds. The fourth-order valence-corrected chi connectivity index (χ4v) is 2.68. The Balaban J connectivity index is 1.93. The van der Waals surface area contributed by atoms with Crippen molar-refractivity contribution in [2.45, 2.75) is 0 Å². The number of hydrogen-bond acceptors (Lipinski definition) is 1. The first-order valence-corrected chi connectivity index (χ1v) is 7.00. The molecule has 2 aromatic carbocycles. The summed E-state index contributed by atoms with van der Waals surface area (Å²) < 4.78 is 0. The van der Waals surface area contributed by atoms with Crippen LogP contribution in [0.4, 0.5) is 0 Å². The van der Waals surface area contributed by atoms with Gasteiger partial charge in [0.25, 0.3) is 0 Å². The third-order valence-electron chi connectivity index (χ3n) is 3.69. The van der Waals surface area contributed by atoms with Crippen molar-refractivity contribution in [3.63, 3.8) is 0 Å². The zero-order valence-electron chi connectivity index (χ0n) is 11.5. The van der Waals surface area contributed by atoms with Gasteiger partial charge in [0, 0.05) is 33.9 Å². The highest BCUT2D eigenvalue weighted by Gasteiger charge is 2.09. The molecule has 0 saturated heterocycles. The van der Waals surface area contributed by atoms with Crippen LogP contribution in [0, 0.1) is 0 Å². The number of aromatic nitrogens is 2. The minimum Gasteiger partial charge on any atom is -0.355 e. The van der Waals surface area contributed by atoms with Crippen LogP contribution < -0.4 is 0 Å². The Hall–Kier alpha value is -2.87. The summed E-state index contributed by atoms with van der Waals surface area (Å²) in [5, 5.41) is 1.23. The second-order valence-corrected chi connectivity index (χ2v) is 5.03. The van der Waals surface area contributed by atoms with Gasteiger partial charge in [-0.3, -0.25) is 4.98 Å². The normalized spacial score (nSPS) is 10.9. The van der Waals surface area contributed by atoms with E-state index in [0.717, 1.165) is 22.5 Å². The van der Waals surface area contributed by atoms with E-state index in [9.17, 15) is 0 Å². The molecular weight excluding hydrogens is 256 g/mol. The Morgan fingerprint density at radius 3 is 2.29 bits per heavy atom. The van der Waals surface area contributed by atoms with Crippen LogP contribution in [0.1, 0.15) is 0 Å². The van der Waals surface area contributed by atoms with Crippen molar-refractivity contribution in [2.24, 2.45) is 0 Å². The second-order valence-electron chi connectivity index (χ2n) is 5.03. The van der Waals surface area contributed by atoms with Gasteiger partial charge in [0.05, 0.1) is 5.69 Å². The number of pyridine rings is 1. The monoisotopic (exact) mass is 270 g/mol. The van der Waals surface area contributed by atoms with Gasteiger partial charge in [-0.25, -0.2) is 0 Å². The summed E-state index contributed by atoms with van der Waals surface area (Å²) in [5.74, 6) is 0. The first-order valence-electron chi connectivity index (χ1n) is 7.00. The minimum atomic E-state index is 0.992. The molecule has 4 aromatic rings. The molecule has 0 fully saturated rings. The number of benzene rings is 2.